The van der Waals surface area contributed by atoms with E-state index in [1.54, 1.807) is 24.4 Å². The lowest BCUT2D eigenvalue weighted by Gasteiger charge is -2.14. The molecule has 39 heavy (non-hydrogen) atoms. The Morgan fingerprint density at radius 1 is 0.744 bits per heavy atom. The number of carboxylic acids is 1. The smallest absolute Gasteiger partial charge is 0.303 e. The molecule has 0 unspecified atom stereocenters. The fourth-order valence-corrected chi connectivity index (χ4v) is 3.77. The third kappa shape index (κ3) is 8.89. The van der Waals surface area contributed by atoms with Crippen LogP contribution in [0.5, 0.6) is 23.0 Å². The van der Waals surface area contributed by atoms with Gasteiger partial charge in [-0.1, -0.05) is 30.3 Å². The number of nitrogens with one attached hydrogen (secondary N) is 1. The Kier molecular flexibility index (Phi) is 9.89. The molecule has 0 fully saturated rings. The zero-order valence-electron chi connectivity index (χ0n) is 21.4. The summed E-state index contributed by atoms with van der Waals surface area (Å²) in [6, 6.07) is 27.6. The lowest BCUT2D eigenvalue weighted by molar-refractivity contribution is -0.136. The maximum Gasteiger partial charge on any atom is 0.303 e. The van der Waals surface area contributed by atoms with Crippen molar-refractivity contribution in [3.8, 4) is 23.0 Å². The number of aromatic nitrogens is 1. The summed E-state index contributed by atoms with van der Waals surface area (Å²) in [5.41, 5.74) is 1.96. The van der Waals surface area contributed by atoms with Crippen LogP contribution in [0, 0.1) is 0 Å². The first kappa shape index (κ1) is 27.2. The predicted octanol–water partition coefficient (Wildman–Crippen LogP) is 5.67. The largest absolute Gasteiger partial charge is 0.493 e. The minimum absolute atomic E-state index is 0.00190. The summed E-state index contributed by atoms with van der Waals surface area (Å²) in [5.74, 6) is 1.70. The quantitative estimate of drug-likeness (QED) is 0.204. The summed E-state index contributed by atoms with van der Waals surface area (Å²) >= 11 is 0. The Morgan fingerprint density at radius 2 is 1.41 bits per heavy atom. The van der Waals surface area contributed by atoms with E-state index in [1.807, 2.05) is 72.8 Å². The first-order valence-corrected chi connectivity index (χ1v) is 12.7. The van der Waals surface area contributed by atoms with Crippen molar-refractivity contribution in [2.75, 3.05) is 13.2 Å². The topological polar surface area (TPSA) is 107 Å². The lowest BCUT2D eigenvalue weighted by atomic mass is 10.0. The number of hydrogen-bond acceptors (Lipinski definition) is 6. The molecule has 2 N–H and O–H groups in total. The van der Waals surface area contributed by atoms with E-state index in [9.17, 15) is 9.59 Å². The Labute approximate surface area is 227 Å². The third-order valence-corrected chi connectivity index (χ3v) is 5.75. The molecule has 4 aromatic rings. The number of aryl methyl sites for hydroxylation is 1. The number of rotatable bonds is 14. The van der Waals surface area contributed by atoms with Gasteiger partial charge < -0.3 is 24.6 Å². The van der Waals surface area contributed by atoms with Crippen molar-refractivity contribution in [2.24, 2.45) is 0 Å². The van der Waals surface area contributed by atoms with E-state index in [2.05, 4.69) is 10.3 Å². The summed E-state index contributed by atoms with van der Waals surface area (Å²) in [5, 5.41) is 11.9. The van der Waals surface area contributed by atoms with Crippen molar-refractivity contribution in [1.82, 2.24) is 10.3 Å². The van der Waals surface area contributed by atoms with Crippen LogP contribution in [0.2, 0.25) is 0 Å². The predicted molar refractivity (Wildman–Crippen MR) is 146 cm³/mol. The Bertz CT molecular complexity index is 1340. The van der Waals surface area contributed by atoms with Gasteiger partial charge in [0.1, 0.15) is 28.7 Å². The van der Waals surface area contributed by atoms with Gasteiger partial charge in [-0.3, -0.25) is 14.6 Å². The van der Waals surface area contributed by atoms with Crippen molar-refractivity contribution in [3.05, 3.63) is 114 Å². The van der Waals surface area contributed by atoms with Crippen molar-refractivity contribution >= 4 is 11.9 Å². The normalized spacial score (nSPS) is 10.5. The van der Waals surface area contributed by atoms with E-state index in [0.29, 0.717) is 37.5 Å². The highest BCUT2D eigenvalue weighted by atomic mass is 16.5. The molecule has 0 aliphatic carbocycles. The maximum absolute atomic E-state index is 12.4. The van der Waals surface area contributed by atoms with E-state index in [4.69, 9.17) is 19.3 Å². The number of pyridine rings is 1. The van der Waals surface area contributed by atoms with Gasteiger partial charge >= 0.3 is 5.97 Å². The van der Waals surface area contributed by atoms with Crippen LogP contribution in [0.1, 0.15) is 34.5 Å². The van der Waals surface area contributed by atoms with Crippen LogP contribution >= 0.6 is 0 Å². The molecule has 0 saturated carbocycles. The molecule has 0 atom stereocenters. The molecule has 0 saturated heterocycles. The van der Waals surface area contributed by atoms with Gasteiger partial charge in [0.25, 0.3) is 5.91 Å². The highest BCUT2D eigenvalue weighted by Crippen LogP contribution is 2.24. The van der Waals surface area contributed by atoms with Gasteiger partial charge in [-0.15, -0.1) is 0 Å². The van der Waals surface area contributed by atoms with Crippen molar-refractivity contribution < 1.29 is 28.9 Å². The molecule has 0 aliphatic rings. The highest BCUT2D eigenvalue weighted by Gasteiger charge is 2.11. The van der Waals surface area contributed by atoms with Gasteiger partial charge in [-0.05, 0) is 78.2 Å². The number of hydrogen-bond donors (Lipinski definition) is 2. The second-order valence-electron chi connectivity index (χ2n) is 8.66. The van der Waals surface area contributed by atoms with E-state index < -0.39 is 5.97 Å². The number of aliphatic carboxylic acids is 1. The molecule has 0 aliphatic heterocycles. The molecule has 200 valence electrons. The van der Waals surface area contributed by atoms with E-state index in [1.165, 1.54) is 0 Å². The van der Waals surface area contributed by atoms with Gasteiger partial charge in [0.05, 0.1) is 13.2 Å². The van der Waals surface area contributed by atoms with Crippen LogP contribution in [-0.2, 0) is 17.8 Å². The fraction of sp³-hybridized carbons (Fsp3) is 0.194. The summed E-state index contributed by atoms with van der Waals surface area (Å²) < 4.78 is 17.5. The Hall–Kier alpha value is -4.85. The first-order valence-electron chi connectivity index (χ1n) is 12.7. The maximum atomic E-state index is 12.4. The zero-order chi connectivity index (χ0) is 27.3. The van der Waals surface area contributed by atoms with Gasteiger partial charge in [-0.2, -0.15) is 0 Å². The van der Waals surface area contributed by atoms with Crippen molar-refractivity contribution in [1.29, 1.82) is 0 Å². The van der Waals surface area contributed by atoms with Crippen LogP contribution in [0.4, 0.5) is 0 Å². The van der Waals surface area contributed by atoms with Crippen LogP contribution in [0.15, 0.2) is 97.2 Å². The molecule has 0 radical (unpaired) electrons. The number of nitrogens with zero attached hydrogens (tertiary/aromatic N) is 1. The molecule has 8 heteroatoms. The minimum Gasteiger partial charge on any atom is -0.493 e. The Morgan fingerprint density at radius 3 is 2.13 bits per heavy atom. The summed E-state index contributed by atoms with van der Waals surface area (Å²) in [6.07, 6.45) is 2.57. The summed E-state index contributed by atoms with van der Waals surface area (Å²) in [6.45, 7) is 1.14. The molecule has 1 heterocycles. The average Bonchev–Trinajstić information content (AvgIpc) is 2.97. The van der Waals surface area contributed by atoms with Crippen LogP contribution in [-0.4, -0.2) is 35.2 Å². The second-order valence-corrected chi connectivity index (χ2v) is 8.66. The number of carbonyl (C=O) groups excluding carboxylic acids is 1. The SMILES string of the molecule is O=C(O)CCc1ccc(OCCCOc2ccc(Oc3ccccc3)cc2)cc1CNC(=O)c1ccccn1. The summed E-state index contributed by atoms with van der Waals surface area (Å²) in [7, 11) is 0. The number of ether oxygens (including phenoxy) is 3. The molecule has 0 bridgehead atoms. The van der Waals surface area contributed by atoms with Gasteiger partial charge in [-0.25, -0.2) is 0 Å². The van der Waals surface area contributed by atoms with Crippen LogP contribution < -0.4 is 19.5 Å². The molecule has 4 rings (SSSR count). The molecule has 0 spiro atoms. The molecule has 3 aromatic carbocycles. The molecule has 1 amide bonds. The molecule has 1 aromatic heterocycles. The van der Waals surface area contributed by atoms with Gasteiger partial charge in [0.15, 0.2) is 0 Å². The molecular formula is C31H30N2O6. The third-order valence-electron chi connectivity index (χ3n) is 5.75. The first-order chi connectivity index (χ1) is 19.1. The fourth-order valence-electron chi connectivity index (χ4n) is 3.77. The number of carboxylic acid groups (broad SMARTS) is 1. The molecular weight excluding hydrogens is 496 g/mol. The van der Waals surface area contributed by atoms with Crippen molar-refractivity contribution in [2.45, 2.75) is 25.8 Å². The minimum atomic E-state index is -0.878. The number of benzene rings is 3. The zero-order valence-corrected chi connectivity index (χ0v) is 21.4. The number of carbonyl (C=O) groups is 2. The van der Waals surface area contributed by atoms with E-state index in [-0.39, 0.29) is 18.9 Å². The summed E-state index contributed by atoms with van der Waals surface area (Å²) in [4.78, 5) is 27.6. The van der Waals surface area contributed by atoms with Gasteiger partial charge in [0.2, 0.25) is 0 Å². The van der Waals surface area contributed by atoms with Crippen molar-refractivity contribution in [3.63, 3.8) is 0 Å². The van der Waals surface area contributed by atoms with E-state index >= 15 is 0 Å². The van der Waals surface area contributed by atoms with Gasteiger partial charge in [0, 0.05) is 25.6 Å². The standard InChI is InChI=1S/C31H30N2O6/c34-30(35)17-11-23-10-12-28(21-24(23)22-33-31(36)29-9-4-5-18-32-29)38-20-6-19-37-25-13-15-27(16-14-25)39-26-7-2-1-3-8-26/h1-5,7-10,12-16,18,21H,6,11,17,19-20,22H2,(H,33,36)(H,34,35). The van der Waals surface area contributed by atoms with Crippen LogP contribution in [0.25, 0.3) is 0 Å². The van der Waals surface area contributed by atoms with E-state index in [0.717, 1.165) is 28.4 Å². The second kappa shape index (κ2) is 14.2. The number of amides is 1. The Balaban J connectivity index is 1.25. The molecule has 8 nitrogen and oxygen atoms in total. The number of para-hydroxylation sites is 1. The highest BCUT2D eigenvalue weighted by molar-refractivity contribution is 5.92. The average molecular weight is 527 g/mol. The monoisotopic (exact) mass is 526 g/mol. The lowest BCUT2D eigenvalue weighted by Crippen LogP contribution is -2.24. The van der Waals surface area contributed by atoms with Crippen LogP contribution in [0.3, 0.4) is 0 Å².